The smallest absolute Gasteiger partial charge is 0.142 e. The Morgan fingerprint density at radius 2 is 1.97 bits per heavy atom. The van der Waals surface area contributed by atoms with Gasteiger partial charge in [0.2, 0.25) is 0 Å². The van der Waals surface area contributed by atoms with Crippen LogP contribution in [0.3, 0.4) is 0 Å². The first-order chi connectivity index (χ1) is 17.2. The molecule has 2 aliphatic rings. The number of H-pyrrole nitrogens is 1. The van der Waals surface area contributed by atoms with Crippen molar-refractivity contribution in [3.8, 4) is 23.1 Å². The molecule has 4 aromatic rings. The average Bonchev–Trinajstić information content (AvgIpc) is 3.56. The molecule has 178 valence electrons. The second-order valence-electron chi connectivity index (χ2n) is 9.62. The van der Waals surface area contributed by atoms with E-state index in [2.05, 4.69) is 66.0 Å². The number of benzene rings is 1. The number of nitrogens with one attached hydrogen (secondary N) is 1. The summed E-state index contributed by atoms with van der Waals surface area (Å²) < 4.78 is 7.81. The second kappa shape index (κ2) is 8.75. The molecule has 2 fully saturated rings. The van der Waals surface area contributed by atoms with E-state index in [4.69, 9.17) is 4.74 Å². The largest absolute Gasteiger partial charge is 0.495 e. The molecular formula is C27H29N7O. The highest BCUT2D eigenvalue weighted by atomic mass is 16.5. The summed E-state index contributed by atoms with van der Waals surface area (Å²) >= 11 is 0. The lowest BCUT2D eigenvalue weighted by Crippen LogP contribution is -2.66. The molecule has 6 rings (SSSR count). The summed E-state index contributed by atoms with van der Waals surface area (Å²) in [6, 6.07) is 15.4. The van der Waals surface area contributed by atoms with Crippen LogP contribution in [0.4, 0.5) is 5.69 Å². The summed E-state index contributed by atoms with van der Waals surface area (Å²) in [5, 5.41) is 10.7. The van der Waals surface area contributed by atoms with Crippen LogP contribution in [0.15, 0.2) is 61.3 Å². The fraction of sp³-hybridized carbons (Fsp3) is 0.370. The topological polar surface area (TPSA) is 86.0 Å². The van der Waals surface area contributed by atoms with Crippen molar-refractivity contribution in [2.75, 3.05) is 38.2 Å². The van der Waals surface area contributed by atoms with Crippen LogP contribution in [0.25, 0.3) is 22.3 Å². The molecule has 1 N–H and O–H groups in total. The third kappa shape index (κ3) is 3.72. The molecule has 8 heteroatoms. The molecular weight excluding hydrogens is 438 g/mol. The normalized spacial score (nSPS) is 18.3. The molecule has 0 bridgehead atoms. The summed E-state index contributed by atoms with van der Waals surface area (Å²) in [6.45, 7) is 3.83. The summed E-state index contributed by atoms with van der Waals surface area (Å²) in [7, 11) is 1.73. The Morgan fingerprint density at radius 1 is 1.14 bits per heavy atom. The van der Waals surface area contributed by atoms with Gasteiger partial charge in [0.15, 0.2) is 0 Å². The van der Waals surface area contributed by atoms with Crippen LogP contribution in [0.2, 0.25) is 0 Å². The number of aromatic nitrogens is 4. The number of likely N-dealkylation sites (tertiary alicyclic amines) is 1. The van der Waals surface area contributed by atoms with Crippen molar-refractivity contribution < 1.29 is 4.74 Å². The molecule has 0 unspecified atom stereocenters. The van der Waals surface area contributed by atoms with Crippen molar-refractivity contribution >= 4 is 16.7 Å². The Bertz CT molecular complexity index is 1370. The number of ether oxygens (including phenoxy) is 1. The number of nitriles is 1. The number of fused-ring (bicyclic) bond motifs is 1. The average molecular weight is 468 g/mol. The minimum Gasteiger partial charge on any atom is -0.495 e. The Labute approximate surface area is 204 Å². The van der Waals surface area contributed by atoms with Gasteiger partial charge in [-0.25, -0.2) is 9.97 Å². The first kappa shape index (κ1) is 21.7. The predicted molar refractivity (Wildman–Crippen MR) is 135 cm³/mol. The van der Waals surface area contributed by atoms with Crippen LogP contribution in [-0.4, -0.2) is 63.7 Å². The van der Waals surface area contributed by atoms with Gasteiger partial charge in [-0.3, -0.25) is 4.90 Å². The number of aromatic amines is 1. The van der Waals surface area contributed by atoms with E-state index >= 15 is 0 Å². The van der Waals surface area contributed by atoms with Gasteiger partial charge in [0.05, 0.1) is 36.5 Å². The number of methoxy groups -OCH3 is 1. The molecule has 0 spiro atoms. The van der Waals surface area contributed by atoms with Gasteiger partial charge >= 0.3 is 0 Å². The first-order valence-corrected chi connectivity index (χ1v) is 12.2. The molecule has 35 heavy (non-hydrogen) atoms. The molecule has 0 saturated carbocycles. The molecule has 2 aliphatic heterocycles. The highest BCUT2D eigenvalue weighted by Crippen LogP contribution is 2.39. The second-order valence-corrected chi connectivity index (χ2v) is 9.62. The Morgan fingerprint density at radius 3 is 2.77 bits per heavy atom. The van der Waals surface area contributed by atoms with Crippen molar-refractivity contribution in [2.24, 2.45) is 0 Å². The zero-order valence-electron chi connectivity index (χ0n) is 19.9. The fourth-order valence-electron chi connectivity index (χ4n) is 5.78. The van der Waals surface area contributed by atoms with Crippen molar-refractivity contribution in [2.45, 2.75) is 30.8 Å². The van der Waals surface area contributed by atoms with E-state index in [9.17, 15) is 5.26 Å². The van der Waals surface area contributed by atoms with Crippen LogP contribution < -0.4 is 9.64 Å². The lowest BCUT2D eigenvalue weighted by Gasteiger charge is -2.54. The molecule has 2 saturated heterocycles. The maximum absolute atomic E-state index is 9.65. The van der Waals surface area contributed by atoms with Crippen molar-refractivity contribution in [3.05, 3.63) is 61.3 Å². The number of nitrogens with zero attached hydrogens (tertiary/aromatic N) is 6. The quantitative estimate of drug-likeness (QED) is 0.461. The summed E-state index contributed by atoms with van der Waals surface area (Å²) in [5.74, 6) is 0.937. The molecule has 0 aliphatic carbocycles. The van der Waals surface area contributed by atoms with Gasteiger partial charge in [0, 0.05) is 61.8 Å². The predicted octanol–water partition coefficient (Wildman–Crippen LogP) is 4.03. The molecule has 0 amide bonds. The standard InChI is InChI=1S/C27H29N7O/c1-35-24-5-3-2-4-23(24)32-13-8-21(9-14-32)33-17-27(18-33,10-11-28)34-15-7-20(16-34)25-22-6-12-29-26(22)31-19-30-25/h2-7,12,15-16,19,21H,8-10,13-14,17-18H2,1H3,(H,29,30,31). The van der Waals surface area contributed by atoms with Gasteiger partial charge < -0.3 is 19.2 Å². The van der Waals surface area contributed by atoms with E-state index in [1.54, 1.807) is 13.4 Å². The van der Waals surface area contributed by atoms with Crippen LogP contribution in [0.5, 0.6) is 5.75 Å². The van der Waals surface area contributed by atoms with Gasteiger partial charge in [0.1, 0.15) is 17.7 Å². The minimum atomic E-state index is -0.183. The van der Waals surface area contributed by atoms with Gasteiger partial charge in [-0.05, 0) is 37.1 Å². The highest BCUT2D eigenvalue weighted by molar-refractivity contribution is 5.90. The Balaban J connectivity index is 1.15. The number of hydrogen-bond donors (Lipinski definition) is 1. The van der Waals surface area contributed by atoms with E-state index in [1.807, 2.05) is 24.4 Å². The summed E-state index contributed by atoms with van der Waals surface area (Å²) in [4.78, 5) is 17.0. The lowest BCUT2D eigenvalue weighted by molar-refractivity contribution is -0.0251. The number of anilines is 1. The molecule has 5 heterocycles. The monoisotopic (exact) mass is 467 g/mol. The third-order valence-corrected chi connectivity index (χ3v) is 7.68. The van der Waals surface area contributed by atoms with Crippen molar-refractivity contribution in [3.63, 3.8) is 0 Å². The van der Waals surface area contributed by atoms with Gasteiger partial charge in [-0.1, -0.05) is 12.1 Å². The Hall–Kier alpha value is -3.83. The van der Waals surface area contributed by atoms with E-state index in [-0.39, 0.29) is 5.54 Å². The summed E-state index contributed by atoms with van der Waals surface area (Å²) in [5.41, 5.74) is 3.80. The molecule has 0 radical (unpaired) electrons. The summed E-state index contributed by atoms with van der Waals surface area (Å²) in [6.07, 6.45) is 10.5. The molecule has 1 aromatic carbocycles. The van der Waals surface area contributed by atoms with Crippen LogP contribution in [0, 0.1) is 11.3 Å². The van der Waals surface area contributed by atoms with E-state index in [0.29, 0.717) is 12.5 Å². The molecule has 3 aromatic heterocycles. The highest BCUT2D eigenvalue weighted by Gasteiger charge is 2.47. The van der Waals surface area contributed by atoms with Gasteiger partial charge in [-0.15, -0.1) is 0 Å². The van der Waals surface area contributed by atoms with Crippen LogP contribution in [0.1, 0.15) is 19.3 Å². The van der Waals surface area contributed by atoms with E-state index < -0.39 is 0 Å². The maximum Gasteiger partial charge on any atom is 0.142 e. The lowest BCUT2D eigenvalue weighted by atomic mass is 9.83. The Kier molecular flexibility index (Phi) is 5.42. The number of para-hydroxylation sites is 2. The van der Waals surface area contributed by atoms with E-state index in [1.165, 1.54) is 5.69 Å². The number of hydrogen-bond acceptors (Lipinski definition) is 6. The maximum atomic E-state index is 9.65. The number of piperidine rings is 1. The fourth-order valence-corrected chi connectivity index (χ4v) is 5.78. The van der Waals surface area contributed by atoms with Gasteiger partial charge in [-0.2, -0.15) is 5.26 Å². The third-order valence-electron chi connectivity index (χ3n) is 7.68. The zero-order valence-corrected chi connectivity index (χ0v) is 19.9. The molecule has 8 nitrogen and oxygen atoms in total. The van der Waals surface area contributed by atoms with Crippen LogP contribution >= 0.6 is 0 Å². The van der Waals surface area contributed by atoms with Gasteiger partial charge in [0.25, 0.3) is 0 Å². The number of rotatable bonds is 6. The van der Waals surface area contributed by atoms with E-state index in [0.717, 1.165) is 67.1 Å². The SMILES string of the molecule is COc1ccccc1N1CCC(N2CC(CC#N)(n3ccc(-c4ncnc5[nH]ccc45)c3)C2)CC1. The molecule has 0 atom stereocenters. The van der Waals surface area contributed by atoms with Crippen molar-refractivity contribution in [1.82, 2.24) is 24.4 Å². The van der Waals surface area contributed by atoms with Crippen LogP contribution in [-0.2, 0) is 5.54 Å². The zero-order chi connectivity index (χ0) is 23.8. The minimum absolute atomic E-state index is 0.183. The first-order valence-electron chi connectivity index (χ1n) is 12.2. The van der Waals surface area contributed by atoms with Crippen molar-refractivity contribution in [1.29, 1.82) is 5.26 Å².